The fourth-order valence-electron chi connectivity index (χ4n) is 1.62. The maximum Gasteiger partial charge on any atom is 0.100 e. The largest absolute Gasteiger partial charge is 0.383 e. The van der Waals surface area contributed by atoms with Gasteiger partial charge in [-0.15, -0.1) is 16.7 Å². The first-order chi connectivity index (χ1) is 6.83. The minimum absolute atomic E-state index is 0.143. The molecular formula is C9H14ClN3O. The molecule has 14 heavy (non-hydrogen) atoms. The van der Waals surface area contributed by atoms with Gasteiger partial charge in [0.1, 0.15) is 5.38 Å². The molecule has 0 N–H and O–H groups in total. The first-order valence-corrected chi connectivity index (χ1v) is 5.29. The van der Waals surface area contributed by atoms with E-state index in [0.29, 0.717) is 12.6 Å². The van der Waals surface area contributed by atoms with Crippen LogP contribution in [0.2, 0.25) is 0 Å². The summed E-state index contributed by atoms with van der Waals surface area (Å²) in [6.07, 6.45) is 5.39. The Morgan fingerprint density at radius 2 is 2.50 bits per heavy atom. The van der Waals surface area contributed by atoms with Crippen molar-refractivity contribution in [2.75, 3.05) is 13.7 Å². The number of halogens is 1. The molecule has 2 rings (SSSR count). The van der Waals surface area contributed by atoms with Crippen molar-refractivity contribution in [3.63, 3.8) is 0 Å². The van der Waals surface area contributed by atoms with Gasteiger partial charge in [-0.05, 0) is 19.3 Å². The molecule has 1 aliphatic carbocycles. The molecule has 1 heterocycles. The number of hydrogen-bond acceptors (Lipinski definition) is 3. The van der Waals surface area contributed by atoms with E-state index in [1.165, 1.54) is 19.3 Å². The van der Waals surface area contributed by atoms with Crippen molar-refractivity contribution >= 4 is 11.6 Å². The Bertz CT molecular complexity index is 298. The van der Waals surface area contributed by atoms with E-state index < -0.39 is 0 Å². The van der Waals surface area contributed by atoms with Crippen molar-refractivity contribution in [1.82, 2.24) is 15.0 Å². The number of hydrogen-bond donors (Lipinski definition) is 0. The second-order valence-electron chi connectivity index (χ2n) is 3.61. The van der Waals surface area contributed by atoms with E-state index in [1.54, 1.807) is 13.3 Å². The van der Waals surface area contributed by atoms with Crippen LogP contribution < -0.4 is 0 Å². The van der Waals surface area contributed by atoms with Crippen molar-refractivity contribution < 1.29 is 4.74 Å². The summed E-state index contributed by atoms with van der Waals surface area (Å²) in [5, 5.41) is 7.83. The Morgan fingerprint density at radius 3 is 3.07 bits per heavy atom. The van der Waals surface area contributed by atoms with Gasteiger partial charge in [-0.1, -0.05) is 5.21 Å². The summed E-state index contributed by atoms with van der Waals surface area (Å²) in [4.78, 5) is 0. The molecule has 1 saturated carbocycles. The second-order valence-corrected chi connectivity index (χ2v) is 4.14. The monoisotopic (exact) mass is 215 g/mol. The number of nitrogens with zero attached hydrogens (tertiary/aromatic N) is 3. The highest BCUT2D eigenvalue weighted by Crippen LogP contribution is 2.33. The van der Waals surface area contributed by atoms with Gasteiger partial charge in [0.25, 0.3) is 0 Å². The van der Waals surface area contributed by atoms with Gasteiger partial charge < -0.3 is 4.74 Å². The molecule has 0 aliphatic heterocycles. The lowest BCUT2D eigenvalue weighted by atomic mass is 9.93. The van der Waals surface area contributed by atoms with E-state index in [1.807, 2.05) is 4.68 Å². The molecule has 1 aromatic heterocycles. The van der Waals surface area contributed by atoms with Crippen LogP contribution in [0.1, 0.15) is 36.4 Å². The van der Waals surface area contributed by atoms with Gasteiger partial charge in [0, 0.05) is 7.11 Å². The SMILES string of the molecule is COCC(Cl)c1cnnn1C1CCC1. The highest BCUT2D eigenvalue weighted by atomic mass is 35.5. The van der Waals surface area contributed by atoms with E-state index in [0.717, 1.165) is 5.69 Å². The second kappa shape index (κ2) is 4.28. The lowest BCUT2D eigenvalue weighted by molar-refractivity contribution is 0.192. The van der Waals surface area contributed by atoms with Crippen LogP contribution in [0.4, 0.5) is 0 Å². The van der Waals surface area contributed by atoms with Crippen LogP contribution in [-0.4, -0.2) is 28.7 Å². The third-order valence-corrected chi connectivity index (χ3v) is 3.01. The van der Waals surface area contributed by atoms with E-state index in [4.69, 9.17) is 16.3 Å². The number of methoxy groups -OCH3 is 1. The van der Waals surface area contributed by atoms with Crippen molar-refractivity contribution in [3.8, 4) is 0 Å². The first-order valence-electron chi connectivity index (χ1n) is 4.86. The van der Waals surface area contributed by atoms with Crippen LogP contribution in [0.5, 0.6) is 0 Å². The summed E-state index contributed by atoms with van der Waals surface area (Å²) in [6, 6.07) is 0.505. The number of alkyl halides is 1. The number of ether oxygens (including phenoxy) is 1. The van der Waals surface area contributed by atoms with Crippen molar-refractivity contribution in [2.24, 2.45) is 0 Å². The number of aromatic nitrogens is 3. The van der Waals surface area contributed by atoms with Crippen LogP contribution in [0.15, 0.2) is 6.20 Å². The average molecular weight is 216 g/mol. The van der Waals surface area contributed by atoms with Gasteiger partial charge >= 0.3 is 0 Å². The van der Waals surface area contributed by atoms with Crippen LogP contribution in [0.3, 0.4) is 0 Å². The Kier molecular flexibility index (Phi) is 3.03. The molecular weight excluding hydrogens is 202 g/mol. The summed E-state index contributed by atoms with van der Waals surface area (Å²) in [5.41, 5.74) is 0.971. The lowest BCUT2D eigenvalue weighted by Gasteiger charge is -2.27. The van der Waals surface area contributed by atoms with Gasteiger partial charge in [0.15, 0.2) is 0 Å². The van der Waals surface area contributed by atoms with Crippen LogP contribution in [-0.2, 0) is 4.74 Å². The van der Waals surface area contributed by atoms with E-state index in [2.05, 4.69) is 10.3 Å². The smallest absolute Gasteiger partial charge is 0.100 e. The maximum absolute atomic E-state index is 6.15. The van der Waals surface area contributed by atoms with Gasteiger partial charge in [0.2, 0.25) is 0 Å². The van der Waals surface area contributed by atoms with Gasteiger partial charge in [-0.3, -0.25) is 0 Å². The summed E-state index contributed by atoms with van der Waals surface area (Å²) < 4.78 is 6.96. The standard InChI is InChI=1S/C9H14ClN3O/c1-14-6-8(10)9-5-11-12-13(9)7-3-2-4-7/h5,7-8H,2-4,6H2,1H3. The molecule has 78 valence electrons. The Labute approximate surface area is 88.2 Å². The highest BCUT2D eigenvalue weighted by molar-refractivity contribution is 6.20. The summed E-state index contributed by atoms with van der Waals surface area (Å²) in [5.74, 6) is 0. The third kappa shape index (κ3) is 1.77. The topological polar surface area (TPSA) is 39.9 Å². The molecule has 0 amide bonds. The van der Waals surface area contributed by atoms with Crippen molar-refractivity contribution in [3.05, 3.63) is 11.9 Å². The average Bonchev–Trinajstić information content (AvgIpc) is 2.50. The van der Waals surface area contributed by atoms with Crippen LogP contribution >= 0.6 is 11.6 Å². The molecule has 0 spiro atoms. The molecule has 1 aromatic rings. The lowest BCUT2D eigenvalue weighted by Crippen LogP contribution is -2.21. The van der Waals surface area contributed by atoms with E-state index in [9.17, 15) is 0 Å². The Hall–Kier alpha value is -0.610. The van der Waals surface area contributed by atoms with Gasteiger partial charge in [0.05, 0.1) is 24.5 Å². The minimum atomic E-state index is -0.143. The predicted molar refractivity (Wildman–Crippen MR) is 53.4 cm³/mol. The molecule has 0 radical (unpaired) electrons. The molecule has 1 fully saturated rings. The van der Waals surface area contributed by atoms with Gasteiger partial charge in [-0.25, -0.2) is 4.68 Å². The van der Waals surface area contributed by atoms with Crippen molar-refractivity contribution in [1.29, 1.82) is 0 Å². The van der Waals surface area contributed by atoms with E-state index in [-0.39, 0.29) is 5.38 Å². The minimum Gasteiger partial charge on any atom is -0.383 e. The predicted octanol–water partition coefficient (Wildman–Crippen LogP) is 1.93. The molecule has 1 unspecified atom stereocenters. The summed E-state index contributed by atoms with van der Waals surface area (Å²) in [7, 11) is 1.65. The zero-order chi connectivity index (χ0) is 9.97. The molecule has 0 saturated heterocycles. The Morgan fingerprint density at radius 1 is 1.71 bits per heavy atom. The third-order valence-electron chi connectivity index (χ3n) is 2.66. The fraction of sp³-hybridized carbons (Fsp3) is 0.778. The first kappa shape index (κ1) is 9.93. The summed E-state index contributed by atoms with van der Waals surface area (Å²) in [6.45, 7) is 0.502. The molecule has 0 aromatic carbocycles. The van der Waals surface area contributed by atoms with Crippen LogP contribution in [0, 0.1) is 0 Å². The summed E-state index contributed by atoms with van der Waals surface area (Å²) >= 11 is 6.15. The molecule has 1 atom stereocenters. The number of rotatable bonds is 4. The molecule has 4 nitrogen and oxygen atoms in total. The molecule has 5 heteroatoms. The van der Waals surface area contributed by atoms with Gasteiger partial charge in [-0.2, -0.15) is 0 Å². The van der Waals surface area contributed by atoms with Crippen LogP contribution in [0.25, 0.3) is 0 Å². The molecule has 1 aliphatic rings. The fourth-order valence-corrected chi connectivity index (χ4v) is 1.90. The maximum atomic E-state index is 6.15. The zero-order valence-corrected chi connectivity index (χ0v) is 8.94. The normalized spacial score (nSPS) is 19.3. The Balaban J connectivity index is 2.11. The highest BCUT2D eigenvalue weighted by Gasteiger charge is 2.25. The van der Waals surface area contributed by atoms with E-state index >= 15 is 0 Å². The molecule has 0 bridgehead atoms. The quantitative estimate of drug-likeness (QED) is 0.721. The zero-order valence-electron chi connectivity index (χ0n) is 8.19. The van der Waals surface area contributed by atoms with Crippen molar-refractivity contribution in [2.45, 2.75) is 30.7 Å².